The number of benzene rings is 4. The molecule has 272 valence electrons. The van der Waals surface area contributed by atoms with E-state index in [9.17, 15) is 9.90 Å². The first-order valence-corrected chi connectivity index (χ1v) is 19.9. The summed E-state index contributed by atoms with van der Waals surface area (Å²) in [4.78, 5) is 14.2. The summed E-state index contributed by atoms with van der Waals surface area (Å²) in [5.41, 5.74) is 6.16. The Morgan fingerprint density at radius 3 is 2.21 bits per heavy atom. The minimum atomic E-state index is -0.543. The molecule has 5 fully saturated rings. The summed E-state index contributed by atoms with van der Waals surface area (Å²) in [6.45, 7) is 2.68. The van der Waals surface area contributed by atoms with Gasteiger partial charge in [0, 0.05) is 34.2 Å². The molecule has 0 spiro atoms. The maximum absolute atomic E-state index is 13.1. The number of methoxy groups -OCH3 is 1. The topological polar surface area (TPSA) is 89.1 Å². The van der Waals surface area contributed by atoms with Gasteiger partial charge in [-0.1, -0.05) is 85.8 Å². The molecule has 0 radical (unpaired) electrons. The summed E-state index contributed by atoms with van der Waals surface area (Å²) in [5, 5.41) is 16.2. The summed E-state index contributed by atoms with van der Waals surface area (Å²) in [7, 11) is 1.70. The van der Waals surface area contributed by atoms with Gasteiger partial charge < -0.3 is 30.0 Å². The van der Waals surface area contributed by atoms with E-state index in [-0.39, 0.29) is 36.3 Å². The first-order valence-electron chi connectivity index (χ1n) is 18.9. The number of thioether (sulfide) groups is 1. The average molecular weight is 719 g/mol. The van der Waals surface area contributed by atoms with E-state index in [0.29, 0.717) is 6.54 Å². The van der Waals surface area contributed by atoms with Crippen LogP contribution in [0.15, 0.2) is 102 Å². The van der Waals surface area contributed by atoms with Gasteiger partial charge in [-0.3, -0.25) is 0 Å². The largest absolute Gasteiger partial charge is 0.496 e. The van der Waals surface area contributed by atoms with E-state index in [1.807, 2.05) is 30.3 Å². The van der Waals surface area contributed by atoms with E-state index >= 15 is 0 Å². The van der Waals surface area contributed by atoms with Gasteiger partial charge >= 0.3 is 6.03 Å². The lowest BCUT2D eigenvalue weighted by Gasteiger charge is -2.56. The lowest BCUT2D eigenvalue weighted by molar-refractivity contribution is -0.268. The van der Waals surface area contributed by atoms with Gasteiger partial charge in [-0.2, -0.15) is 0 Å². The Kier molecular flexibility index (Phi) is 10.3. The van der Waals surface area contributed by atoms with Crippen LogP contribution in [0.4, 0.5) is 4.79 Å². The predicted octanol–water partition coefficient (Wildman–Crippen LogP) is 9.21. The Morgan fingerprint density at radius 2 is 1.52 bits per heavy atom. The quantitative estimate of drug-likeness (QED) is 0.134. The molecule has 4 bridgehead atoms. The third kappa shape index (κ3) is 7.63. The van der Waals surface area contributed by atoms with Gasteiger partial charge in [-0.25, -0.2) is 4.79 Å². The molecular weight excluding hydrogens is 669 g/mol. The van der Waals surface area contributed by atoms with E-state index in [2.05, 4.69) is 84.3 Å². The van der Waals surface area contributed by atoms with Gasteiger partial charge in [-0.05, 0) is 102 Å². The fraction of sp³-hybridized carbons (Fsp3) is 0.432. The van der Waals surface area contributed by atoms with Crippen LogP contribution >= 0.6 is 11.8 Å². The fourth-order valence-electron chi connectivity index (χ4n) is 9.64. The molecule has 4 aromatic rings. The van der Waals surface area contributed by atoms with Crippen LogP contribution in [-0.4, -0.2) is 35.6 Å². The molecule has 5 aliphatic rings. The van der Waals surface area contributed by atoms with Crippen molar-refractivity contribution in [3.63, 3.8) is 0 Å². The first kappa shape index (κ1) is 35.2. The lowest BCUT2D eigenvalue weighted by atomic mass is 9.53. The van der Waals surface area contributed by atoms with Gasteiger partial charge in [0.25, 0.3) is 0 Å². The minimum Gasteiger partial charge on any atom is -0.496 e. The molecule has 8 heteroatoms. The monoisotopic (exact) mass is 718 g/mol. The molecule has 1 aliphatic heterocycles. The van der Waals surface area contributed by atoms with E-state index in [1.54, 1.807) is 18.9 Å². The number of ether oxygens (including phenoxy) is 3. The molecule has 0 aromatic heterocycles. The number of aliphatic hydroxyl groups is 1. The Hall–Kier alpha value is -3.82. The van der Waals surface area contributed by atoms with Crippen molar-refractivity contribution in [1.29, 1.82) is 0 Å². The molecule has 2 amide bonds. The van der Waals surface area contributed by atoms with Crippen molar-refractivity contribution >= 4 is 17.8 Å². The van der Waals surface area contributed by atoms with E-state index in [1.165, 1.54) is 19.3 Å². The summed E-state index contributed by atoms with van der Waals surface area (Å²) in [6, 6.07) is 32.9. The standard InChI is InChI=1S/C44H50N2O5S/c1-28-39(27-52-40-9-4-3-8-38(40)49-2)50-42(51-41(28)35-12-10-29(26-47)11-13-35)36-16-14-34(15-17-36)37-7-5-6-30(21-37)25-45-43(48)46-44-22-31-18-32(23-44)20-33(19-31)24-44/h3-17,21,28,31-33,39,41-42,47H,18-20,22-27H2,1-2H3,(H2,45,46,48)/t28-,31?,32?,33?,39+,41+,42+,44?/m0/s1. The van der Waals surface area contributed by atoms with Crippen LogP contribution in [0.25, 0.3) is 11.1 Å². The zero-order chi connectivity index (χ0) is 35.7. The molecule has 9 rings (SSSR count). The molecule has 0 unspecified atom stereocenters. The summed E-state index contributed by atoms with van der Waals surface area (Å²) < 4.78 is 19.0. The zero-order valence-electron chi connectivity index (χ0n) is 30.1. The number of carbonyl (C=O) groups excluding carboxylic acids is 1. The molecule has 4 aromatic carbocycles. The summed E-state index contributed by atoms with van der Waals surface area (Å²) in [5.74, 6) is 4.08. The third-order valence-corrected chi connectivity index (χ3v) is 13.1. The maximum Gasteiger partial charge on any atom is 0.315 e. The second-order valence-electron chi connectivity index (χ2n) is 15.6. The van der Waals surface area contributed by atoms with E-state index in [4.69, 9.17) is 14.2 Å². The Bertz CT molecular complexity index is 1810. The third-order valence-electron chi connectivity index (χ3n) is 11.9. The second kappa shape index (κ2) is 15.3. The first-order chi connectivity index (χ1) is 25.4. The van der Waals surface area contributed by atoms with Crippen LogP contribution in [0.1, 0.15) is 80.1 Å². The molecule has 1 saturated heterocycles. The number of nitrogens with one attached hydrogen (secondary N) is 2. The normalized spacial score (nSPS) is 29.1. The number of rotatable bonds is 11. The number of carbonyl (C=O) groups is 1. The molecule has 4 saturated carbocycles. The van der Waals surface area contributed by atoms with Crippen LogP contribution in [0.5, 0.6) is 5.75 Å². The molecule has 7 nitrogen and oxygen atoms in total. The highest BCUT2D eigenvalue weighted by atomic mass is 32.2. The predicted molar refractivity (Wildman–Crippen MR) is 205 cm³/mol. The van der Waals surface area contributed by atoms with Crippen molar-refractivity contribution in [2.45, 2.75) is 87.5 Å². The van der Waals surface area contributed by atoms with Crippen molar-refractivity contribution in [2.24, 2.45) is 23.7 Å². The molecule has 4 aliphatic carbocycles. The smallest absolute Gasteiger partial charge is 0.315 e. The van der Waals surface area contributed by atoms with Crippen molar-refractivity contribution in [3.05, 3.63) is 119 Å². The number of aliphatic hydroxyl groups excluding tert-OH is 1. The number of urea groups is 1. The number of amides is 2. The number of para-hydroxylation sites is 1. The van der Waals surface area contributed by atoms with Crippen LogP contribution in [-0.2, 0) is 22.6 Å². The highest BCUT2D eigenvalue weighted by Gasteiger charge is 2.51. The van der Waals surface area contributed by atoms with Crippen LogP contribution in [0.2, 0.25) is 0 Å². The van der Waals surface area contributed by atoms with Crippen LogP contribution in [0, 0.1) is 23.7 Å². The Balaban J connectivity index is 0.942. The fourth-order valence-corrected chi connectivity index (χ4v) is 10.8. The number of hydrogen-bond donors (Lipinski definition) is 3. The minimum absolute atomic E-state index is 0.00504. The highest BCUT2D eigenvalue weighted by Crippen LogP contribution is 2.55. The van der Waals surface area contributed by atoms with Crippen LogP contribution in [0.3, 0.4) is 0 Å². The zero-order valence-corrected chi connectivity index (χ0v) is 30.9. The maximum atomic E-state index is 13.1. The van der Waals surface area contributed by atoms with Crippen LogP contribution < -0.4 is 15.4 Å². The van der Waals surface area contributed by atoms with E-state index in [0.717, 1.165) is 86.8 Å². The number of hydrogen-bond acceptors (Lipinski definition) is 6. The van der Waals surface area contributed by atoms with Crippen molar-refractivity contribution in [1.82, 2.24) is 10.6 Å². The second-order valence-corrected chi connectivity index (χ2v) is 16.7. The average Bonchev–Trinajstić information content (AvgIpc) is 3.16. The van der Waals surface area contributed by atoms with Gasteiger partial charge in [-0.15, -0.1) is 11.8 Å². The Labute approximate surface area is 311 Å². The van der Waals surface area contributed by atoms with Gasteiger partial charge in [0.15, 0.2) is 6.29 Å². The van der Waals surface area contributed by atoms with Gasteiger partial charge in [0.05, 0.1) is 25.9 Å². The molecule has 4 atom stereocenters. The Morgan fingerprint density at radius 1 is 0.827 bits per heavy atom. The van der Waals surface area contributed by atoms with Gasteiger partial charge in [0.2, 0.25) is 0 Å². The van der Waals surface area contributed by atoms with Crippen molar-refractivity contribution in [2.75, 3.05) is 12.9 Å². The summed E-state index contributed by atoms with van der Waals surface area (Å²) in [6.07, 6.45) is 6.72. The summed E-state index contributed by atoms with van der Waals surface area (Å²) >= 11 is 1.73. The van der Waals surface area contributed by atoms with Crippen molar-refractivity contribution < 1.29 is 24.1 Å². The molecule has 1 heterocycles. The lowest BCUT2D eigenvalue weighted by Crippen LogP contribution is -2.61. The SMILES string of the molecule is COc1ccccc1SC[C@H]1O[C@@H](c2ccc(-c3cccc(CNC(=O)NC45CC6CC(CC(C6)C4)C5)c3)cc2)O[C@@H](c2ccc(CO)cc2)[C@H]1C. The molecule has 52 heavy (non-hydrogen) atoms. The van der Waals surface area contributed by atoms with E-state index < -0.39 is 6.29 Å². The highest BCUT2D eigenvalue weighted by molar-refractivity contribution is 7.99. The van der Waals surface area contributed by atoms with Crippen molar-refractivity contribution in [3.8, 4) is 16.9 Å². The van der Waals surface area contributed by atoms with Gasteiger partial charge in [0.1, 0.15) is 5.75 Å². The molecular formula is C44H50N2O5S. The molecule has 3 N–H and O–H groups in total.